The van der Waals surface area contributed by atoms with Gasteiger partial charge < -0.3 is 9.64 Å². The third-order valence-electron chi connectivity index (χ3n) is 3.20. The van der Waals surface area contributed by atoms with Gasteiger partial charge in [0.2, 0.25) is 0 Å². The van der Waals surface area contributed by atoms with Crippen molar-refractivity contribution >= 4 is 37.1 Å². The number of nitrogens with zero attached hydrogens (tertiary/aromatic N) is 1. The molecule has 0 fully saturated rings. The van der Waals surface area contributed by atoms with E-state index >= 15 is 0 Å². The van der Waals surface area contributed by atoms with Crippen molar-refractivity contribution in [2.24, 2.45) is 0 Å². The van der Waals surface area contributed by atoms with Crippen LogP contribution in [0.3, 0.4) is 0 Å². The zero-order valence-corrected chi connectivity index (χ0v) is 15.7. The Morgan fingerprint density at radius 3 is 2.68 bits per heavy atom. The van der Waals surface area contributed by atoms with E-state index in [2.05, 4.69) is 15.9 Å². The summed E-state index contributed by atoms with van der Waals surface area (Å²) in [5, 5.41) is 0. The summed E-state index contributed by atoms with van der Waals surface area (Å²) in [4.78, 5) is 3.52. The van der Waals surface area contributed by atoms with E-state index in [0.717, 1.165) is 10.3 Å². The second kappa shape index (κ2) is 7.59. The van der Waals surface area contributed by atoms with Gasteiger partial charge in [0.05, 0.1) is 21.5 Å². The van der Waals surface area contributed by atoms with E-state index in [0.29, 0.717) is 17.2 Å². The number of hydrogen-bond acceptors (Lipinski definition) is 5. The fourth-order valence-electron chi connectivity index (χ4n) is 1.97. The Kier molecular flexibility index (Phi) is 6.02. The van der Waals surface area contributed by atoms with Gasteiger partial charge in [-0.05, 0) is 53.3 Å². The van der Waals surface area contributed by atoms with Crippen molar-refractivity contribution in [2.45, 2.75) is 11.4 Å². The average molecular weight is 404 g/mol. The number of methoxy groups -OCH3 is 1. The van der Waals surface area contributed by atoms with E-state index in [9.17, 15) is 8.42 Å². The van der Waals surface area contributed by atoms with Crippen molar-refractivity contribution in [1.29, 1.82) is 0 Å². The number of sulfone groups is 1. The number of thiophene rings is 1. The molecule has 0 saturated heterocycles. The molecule has 0 saturated carbocycles. The Bertz CT molecular complexity index is 728. The van der Waals surface area contributed by atoms with E-state index < -0.39 is 9.84 Å². The summed E-state index contributed by atoms with van der Waals surface area (Å²) in [5.41, 5.74) is 0. The van der Waals surface area contributed by atoms with Crippen molar-refractivity contribution < 1.29 is 13.2 Å². The first-order chi connectivity index (χ1) is 10.4. The molecule has 22 heavy (non-hydrogen) atoms. The lowest BCUT2D eigenvalue weighted by atomic mass is 10.3. The van der Waals surface area contributed by atoms with Gasteiger partial charge in [-0.1, -0.05) is 6.07 Å². The Morgan fingerprint density at radius 2 is 2.05 bits per heavy atom. The Balaban J connectivity index is 1.96. The van der Waals surface area contributed by atoms with Gasteiger partial charge in [-0.2, -0.15) is 0 Å². The fourth-order valence-corrected chi connectivity index (χ4v) is 4.90. The first-order valence-electron chi connectivity index (χ1n) is 6.70. The summed E-state index contributed by atoms with van der Waals surface area (Å²) >= 11 is 5.09. The molecule has 2 rings (SSSR count). The lowest BCUT2D eigenvalue weighted by Gasteiger charge is -2.15. The van der Waals surface area contributed by atoms with Crippen LogP contribution >= 0.6 is 27.3 Å². The van der Waals surface area contributed by atoms with Gasteiger partial charge in [-0.15, -0.1) is 11.3 Å². The van der Waals surface area contributed by atoms with Gasteiger partial charge in [-0.3, -0.25) is 0 Å². The molecule has 0 atom stereocenters. The van der Waals surface area contributed by atoms with Crippen molar-refractivity contribution in [2.75, 3.05) is 26.5 Å². The second-order valence-corrected chi connectivity index (χ2v) is 9.60. The molecule has 0 N–H and O–H groups in total. The van der Waals surface area contributed by atoms with Crippen molar-refractivity contribution in [3.05, 3.63) is 45.1 Å². The molecule has 0 bridgehead atoms. The van der Waals surface area contributed by atoms with Crippen LogP contribution < -0.4 is 4.74 Å². The summed E-state index contributed by atoms with van der Waals surface area (Å²) in [6, 6.07) is 10.6. The minimum Gasteiger partial charge on any atom is -0.497 e. The normalized spacial score (nSPS) is 11.8. The molecular weight excluding hydrogens is 386 g/mol. The molecule has 4 nitrogen and oxygen atoms in total. The van der Waals surface area contributed by atoms with Gasteiger partial charge in [0.15, 0.2) is 9.84 Å². The molecule has 1 aromatic heterocycles. The van der Waals surface area contributed by atoms with E-state index in [1.165, 1.54) is 12.0 Å². The van der Waals surface area contributed by atoms with Crippen molar-refractivity contribution in [3.8, 4) is 5.75 Å². The summed E-state index contributed by atoms with van der Waals surface area (Å²) in [6.45, 7) is 1.22. The number of halogens is 1. The van der Waals surface area contributed by atoms with Crippen LogP contribution in [-0.4, -0.2) is 39.8 Å². The van der Waals surface area contributed by atoms with Gasteiger partial charge in [-0.25, -0.2) is 8.42 Å². The molecule has 0 unspecified atom stereocenters. The van der Waals surface area contributed by atoms with Crippen LogP contribution in [0.5, 0.6) is 5.75 Å². The van der Waals surface area contributed by atoms with Crippen LogP contribution in [0.15, 0.2) is 45.1 Å². The highest BCUT2D eigenvalue weighted by molar-refractivity contribution is 9.11. The highest BCUT2D eigenvalue weighted by atomic mass is 79.9. The van der Waals surface area contributed by atoms with Gasteiger partial charge >= 0.3 is 0 Å². The maximum absolute atomic E-state index is 12.4. The Labute approximate surface area is 143 Å². The number of ether oxygens (including phenoxy) is 1. The lowest BCUT2D eigenvalue weighted by molar-refractivity contribution is 0.349. The summed E-state index contributed by atoms with van der Waals surface area (Å²) in [7, 11) is 0.149. The van der Waals surface area contributed by atoms with E-state index in [4.69, 9.17) is 4.74 Å². The molecule has 0 spiro atoms. The summed E-state index contributed by atoms with van der Waals surface area (Å²) in [6.07, 6.45) is 0. The minimum absolute atomic E-state index is 0.0865. The minimum atomic E-state index is -3.30. The van der Waals surface area contributed by atoms with Crippen LogP contribution in [0.1, 0.15) is 4.88 Å². The molecule has 0 aliphatic carbocycles. The maximum atomic E-state index is 12.4. The third-order valence-corrected chi connectivity index (χ3v) is 6.50. The number of benzene rings is 1. The molecule has 1 heterocycles. The monoisotopic (exact) mass is 403 g/mol. The van der Waals surface area contributed by atoms with E-state index in [1.54, 1.807) is 35.6 Å². The van der Waals surface area contributed by atoms with E-state index in [1.807, 2.05) is 24.1 Å². The zero-order chi connectivity index (χ0) is 16.2. The molecule has 0 radical (unpaired) electrons. The highest BCUT2D eigenvalue weighted by Gasteiger charge is 2.16. The smallest absolute Gasteiger partial charge is 0.179 e. The fraction of sp³-hybridized carbons (Fsp3) is 0.333. The topological polar surface area (TPSA) is 46.6 Å². The molecule has 0 aliphatic rings. The highest BCUT2D eigenvalue weighted by Crippen LogP contribution is 2.23. The van der Waals surface area contributed by atoms with E-state index in [-0.39, 0.29) is 5.75 Å². The summed E-state index contributed by atoms with van der Waals surface area (Å²) in [5.74, 6) is 0.640. The largest absolute Gasteiger partial charge is 0.497 e. The molecule has 0 amide bonds. The molecule has 2 aromatic rings. The molecule has 7 heteroatoms. The Morgan fingerprint density at radius 1 is 1.27 bits per heavy atom. The van der Waals surface area contributed by atoms with Gasteiger partial charge in [0, 0.05) is 18.0 Å². The first kappa shape index (κ1) is 17.5. The zero-order valence-electron chi connectivity index (χ0n) is 12.5. The van der Waals surface area contributed by atoms with Crippen LogP contribution in [0, 0.1) is 0 Å². The molecule has 1 aromatic carbocycles. The van der Waals surface area contributed by atoms with Crippen LogP contribution in [-0.2, 0) is 16.4 Å². The predicted molar refractivity (Wildman–Crippen MR) is 93.4 cm³/mol. The maximum Gasteiger partial charge on any atom is 0.179 e. The lowest BCUT2D eigenvalue weighted by Crippen LogP contribution is -2.25. The number of hydrogen-bond donors (Lipinski definition) is 0. The molecule has 0 aliphatic heterocycles. The number of rotatable bonds is 7. The molecule has 120 valence electrons. The van der Waals surface area contributed by atoms with Crippen molar-refractivity contribution in [3.63, 3.8) is 0 Å². The first-order valence-corrected chi connectivity index (χ1v) is 9.96. The Hall–Kier alpha value is -0.890. The van der Waals surface area contributed by atoms with Crippen LogP contribution in [0.4, 0.5) is 0 Å². The molecular formula is C15H18BrNO3S2. The van der Waals surface area contributed by atoms with Crippen molar-refractivity contribution in [1.82, 2.24) is 4.90 Å². The SMILES string of the molecule is COc1cccc(S(=O)(=O)CCN(C)Cc2ccc(Br)s2)c1. The average Bonchev–Trinajstić information content (AvgIpc) is 2.90. The summed E-state index contributed by atoms with van der Waals surface area (Å²) < 4.78 is 30.9. The van der Waals surface area contributed by atoms with Crippen LogP contribution in [0.25, 0.3) is 0 Å². The van der Waals surface area contributed by atoms with Gasteiger partial charge in [0.1, 0.15) is 5.75 Å². The second-order valence-electron chi connectivity index (χ2n) is 4.94. The standard InChI is InChI=1S/C15H18BrNO3S2/c1-17(11-13-6-7-15(16)21-13)8-9-22(18,19)14-5-3-4-12(10-14)20-2/h3-7,10H,8-9,11H2,1-2H3. The van der Waals surface area contributed by atoms with Gasteiger partial charge in [0.25, 0.3) is 0 Å². The predicted octanol–water partition coefficient (Wildman–Crippen LogP) is 3.42. The quantitative estimate of drug-likeness (QED) is 0.710. The van der Waals surface area contributed by atoms with Crippen LogP contribution in [0.2, 0.25) is 0 Å². The third kappa shape index (κ3) is 4.81.